The predicted molar refractivity (Wildman–Crippen MR) is 142 cm³/mol. The van der Waals surface area contributed by atoms with Gasteiger partial charge in [0, 0.05) is 29.8 Å². The highest BCUT2D eigenvalue weighted by atomic mass is 32.2. The molecule has 0 spiro atoms. The van der Waals surface area contributed by atoms with Crippen molar-refractivity contribution in [1.29, 1.82) is 0 Å². The molecule has 0 atom stereocenters. The number of aromatic nitrogens is 2. The number of rotatable bonds is 9. The van der Waals surface area contributed by atoms with Crippen LogP contribution in [0.5, 0.6) is 0 Å². The summed E-state index contributed by atoms with van der Waals surface area (Å²) in [4.78, 5) is 25.9. The van der Waals surface area contributed by atoms with Crippen LogP contribution < -0.4 is 5.11 Å². The summed E-state index contributed by atoms with van der Waals surface area (Å²) in [6, 6.07) is 16.1. The highest BCUT2D eigenvalue weighted by Crippen LogP contribution is 2.36. The molecule has 1 aliphatic rings. The van der Waals surface area contributed by atoms with E-state index in [0.717, 1.165) is 33.6 Å². The second kappa shape index (κ2) is 11.0. The third kappa shape index (κ3) is 5.89. The van der Waals surface area contributed by atoms with Crippen LogP contribution in [0.1, 0.15) is 42.4 Å². The summed E-state index contributed by atoms with van der Waals surface area (Å²) < 4.78 is 2.35. The molecule has 180 valence electrons. The maximum atomic E-state index is 13.2. The number of benzene rings is 2. The number of para-hydroxylation sites is 1. The molecule has 1 aliphatic heterocycles. The van der Waals surface area contributed by atoms with Gasteiger partial charge in [-0.2, -0.15) is 5.10 Å². The first kappa shape index (κ1) is 24.9. The lowest BCUT2D eigenvalue weighted by molar-refractivity contribution is -0.305. The minimum Gasteiger partial charge on any atom is -0.550 e. The standard InChI is InChI=1S/C27H27N3O3S2/c1-18-12-13-19(2)22(15-18)25-20(17-30(28-25)21-9-5-3-6-10-21)16-23-26(33)29(27(34)35-23)14-8-4-7-11-24(31)32/h3,5-6,9-10,12-13,15-17H,4,7-8,11,14H2,1-2H3,(H,31,32)/p-1/b23-16-. The molecule has 8 heteroatoms. The third-order valence-corrected chi connectivity index (χ3v) is 7.21. The second-order valence-corrected chi connectivity index (χ2v) is 10.2. The zero-order valence-electron chi connectivity index (χ0n) is 19.7. The number of amides is 1. The molecule has 0 N–H and O–H groups in total. The summed E-state index contributed by atoms with van der Waals surface area (Å²) in [5.74, 6) is -1.17. The van der Waals surface area contributed by atoms with Crippen LogP contribution in [-0.4, -0.2) is 37.4 Å². The number of hydrogen-bond donors (Lipinski definition) is 0. The van der Waals surface area contributed by atoms with E-state index in [9.17, 15) is 14.7 Å². The van der Waals surface area contributed by atoms with E-state index in [0.29, 0.717) is 35.0 Å². The number of carbonyl (C=O) groups is 2. The molecule has 1 fully saturated rings. The molecule has 2 heterocycles. The van der Waals surface area contributed by atoms with E-state index in [1.807, 2.05) is 47.3 Å². The van der Waals surface area contributed by atoms with Crippen LogP contribution in [0.4, 0.5) is 0 Å². The highest BCUT2D eigenvalue weighted by molar-refractivity contribution is 8.26. The van der Waals surface area contributed by atoms with Crippen molar-refractivity contribution < 1.29 is 14.7 Å². The molecule has 3 aromatic rings. The molecule has 4 rings (SSSR count). The van der Waals surface area contributed by atoms with Crippen molar-refractivity contribution in [3.63, 3.8) is 0 Å². The minimum atomic E-state index is -1.05. The van der Waals surface area contributed by atoms with Crippen LogP contribution in [0.25, 0.3) is 23.0 Å². The van der Waals surface area contributed by atoms with Crippen LogP contribution in [0.2, 0.25) is 0 Å². The van der Waals surface area contributed by atoms with Crippen molar-refractivity contribution in [2.75, 3.05) is 6.54 Å². The zero-order valence-corrected chi connectivity index (χ0v) is 21.3. The van der Waals surface area contributed by atoms with Gasteiger partial charge in [0.2, 0.25) is 0 Å². The molecule has 0 aliphatic carbocycles. The summed E-state index contributed by atoms with van der Waals surface area (Å²) >= 11 is 6.77. The number of thiocarbonyl (C=S) groups is 1. The second-order valence-electron chi connectivity index (χ2n) is 8.55. The van der Waals surface area contributed by atoms with E-state index in [1.54, 1.807) is 4.90 Å². The summed E-state index contributed by atoms with van der Waals surface area (Å²) in [6.45, 7) is 4.58. The fourth-order valence-corrected chi connectivity index (χ4v) is 5.26. The molecular weight excluding hydrogens is 478 g/mol. The van der Waals surface area contributed by atoms with E-state index in [-0.39, 0.29) is 12.3 Å². The van der Waals surface area contributed by atoms with Gasteiger partial charge in [-0.05, 0) is 62.9 Å². The zero-order chi connectivity index (χ0) is 24.9. The highest BCUT2D eigenvalue weighted by Gasteiger charge is 2.32. The van der Waals surface area contributed by atoms with Crippen molar-refractivity contribution >= 4 is 46.3 Å². The number of unbranched alkanes of at least 4 members (excludes halogenated alkanes) is 2. The average molecular weight is 505 g/mol. The topological polar surface area (TPSA) is 78.3 Å². The molecule has 0 unspecified atom stereocenters. The lowest BCUT2D eigenvalue weighted by atomic mass is 10.0. The van der Waals surface area contributed by atoms with Crippen LogP contribution in [0.15, 0.2) is 59.6 Å². The van der Waals surface area contributed by atoms with E-state index in [1.165, 1.54) is 11.8 Å². The van der Waals surface area contributed by atoms with Gasteiger partial charge in [-0.15, -0.1) is 0 Å². The van der Waals surface area contributed by atoms with E-state index in [4.69, 9.17) is 17.3 Å². The van der Waals surface area contributed by atoms with Crippen molar-refractivity contribution in [3.05, 3.63) is 76.3 Å². The van der Waals surface area contributed by atoms with Gasteiger partial charge in [0.1, 0.15) is 10.0 Å². The number of carboxylic acids is 1. The Hall–Kier alpha value is -3.23. The van der Waals surface area contributed by atoms with Gasteiger partial charge < -0.3 is 9.90 Å². The monoisotopic (exact) mass is 504 g/mol. The first-order chi connectivity index (χ1) is 16.8. The fourth-order valence-electron chi connectivity index (χ4n) is 3.96. The van der Waals surface area contributed by atoms with E-state index < -0.39 is 5.97 Å². The summed E-state index contributed by atoms with van der Waals surface area (Å²) in [5.41, 5.74) is 5.85. The van der Waals surface area contributed by atoms with Gasteiger partial charge >= 0.3 is 0 Å². The molecule has 0 radical (unpaired) electrons. The predicted octanol–water partition coefficient (Wildman–Crippen LogP) is 4.67. The fraction of sp³-hybridized carbons (Fsp3) is 0.259. The molecule has 1 aromatic heterocycles. The lowest BCUT2D eigenvalue weighted by Crippen LogP contribution is -2.29. The number of carbonyl (C=O) groups excluding carboxylic acids is 2. The van der Waals surface area contributed by atoms with Crippen molar-refractivity contribution in [2.45, 2.75) is 39.5 Å². The molecule has 35 heavy (non-hydrogen) atoms. The van der Waals surface area contributed by atoms with Crippen LogP contribution in [-0.2, 0) is 9.59 Å². The largest absolute Gasteiger partial charge is 0.550 e. The Labute approximate surface area is 214 Å². The normalized spacial score (nSPS) is 14.8. The average Bonchev–Trinajstić information content (AvgIpc) is 3.37. The quantitative estimate of drug-likeness (QED) is 0.239. The third-order valence-electron chi connectivity index (χ3n) is 5.83. The minimum absolute atomic E-state index is 0.0326. The van der Waals surface area contributed by atoms with E-state index in [2.05, 4.69) is 32.0 Å². The Balaban J connectivity index is 1.63. The van der Waals surface area contributed by atoms with Gasteiger partial charge in [0.15, 0.2) is 0 Å². The Morgan fingerprint density at radius 1 is 1.11 bits per heavy atom. The number of aryl methyl sites for hydroxylation is 2. The SMILES string of the molecule is Cc1ccc(C)c(-c2nn(-c3ccccc3)cc2/C=C2\SC(=S)N(CCCCCC(=O)[O-])C2=O)c1. The Bertz CT molecular complexity index is 1300. The molecule has 0 saturated carbocycles. The number of hydrogen-bond acceptors (Lipinski definition) is 6. The van der Waals surface area contributed by atoms with Crippen LogP contribution >= 0.6 is 24.0 Å². The summed E-state index contributed by atoms with van der Waals surface area (Å²) in [5, 5.41) is 15.5. The lowest BCUT2D eigenvalue weighted by Gasteiger charge is -2.14. The first-order valence-corrected chi connectivity index (χ1v) is 12.7. The Morgan fingerprint density at radius 2 is 1.89 bits per heavy atom. The molecule has 0 bridgehead atoms. The molecular formula is C27H26N3O3S2-. The van der Waals surface area contributed by atoms with Crippen molar-refractivity contribution in [1.82, 2.24) is 14.7 Å². The Kier molecular flexibility index (Phi) is 7.83. The molecule has 1 amide bonds. The summed E-state index contributed by atoms with van der Waals surface area (Å²) in [7, 11) is 0. The van der Waals surface area contributed by atoms with Crippen LogP contribution in [0.3, 0.4) is 0 Å². The molecule has 6 nitrogen and oxygen atoms in total. The van der Waals surface area contributed by atoms with Gasteiger partial charge in [0.05, 0.1) is 10.6 Å². The van der Waals surface area contributed by atoms with Gasteiger partial charge in [-0.25, -0.2) is 4.68 Å². The first-order valence-electron chi connectivity index (χ1n) is 11.5. The summed E-state index contributed by atoms with van der Waals surface area (Å²) in [6.07, 6.45) is 5.77. The number of thioether (sulfide) groups is 1. The number of aliphatic carboxylic acids is 1. The van der Waals surface area contributed by atoms with Gasteiger partial charge in [-0.3, -0.25) is 9.69 Å². The maximum absolute atomic E-state index is 13.2. The number of nitrogens with zero attached hydrogens (tertiary/aromatic N) is 3. The van der Waals surface area contributed by atoms with Crippen LogP contribution in [0, 0.1) is 13.8 Å². The molecule has 1 saturated heterocycles. The number of carboxylic acid groups (broad SMARTS) is 1. The van der Waals surface area contributed by atoms with E-state index >= 15 is 0 Å². The Morgan fingerprint density at radius 3 is 2.63 bits per heavy atom. The van der Waals surface area contributed by atoms with Crippen molar-refractivity contribution in [2.24, 2.45) is 0 Å². The van der Waals surface area contributed by atoms with Gasteiger partial charge in [-0.1, -0.05) is 66.3 Å². The smallest absolute Gasteiger partial charge is 0.266 e. The van der Waals surface area contributed by atoms with Crippen molar-refractivity contribution in [3.8, 4) is 16.9 Å². The maximum Gasteiger partial charge on any atom is 0.266 e. The molecule has 2 aromatic carbocycles. The van der Waals surface area contributed by atoms with Gasteiger partial charge in [0.25, 0.3) is 5.91 Å².